The van der Waals surface area contributed by atoms with Gasteiger partial charge in [-0.05, 0) is 67.9 Å². The fourth-order valence-corrected chi connectivity index (χ4v) is 5.89. The lowest BCUT2D eigenvalue weighted by atomic mass is 9.53. The second-order valence-corrected chi connectivity index (χ2v) is 7.92. The van der Waals surface area contributed by atoms with Crippen LogP contribution in [0.15, 0.2) is 12.1 Å². The van der Waals surface area contributed by atoms with E-state index in [4.69, 9.17) is 6.42 Å². The van der Waals surface area contributed by atoms with Crippen molar-refractivity contribution in [1.29, 1.82) is 0 Å². The van der Waals surface area contributed by atoms with Gasteiger partial charge in [-0.25, -0.2) is 0 Å². The zero-order valence-electron chi connectivity index (χ0n) is 13.5. The molecule has 4 rings (SSSR count). The van der Waals surface area contributed by atoms with Gasteiger partial charge in [0.1, 0.15) is 5.60 Å². The van der Waals surface area contributed by atoms with E-state index in [2.05, 4.69) is 12.8 Å². The van der Waals surface area contributed by atoms with Gasteiger partial charge < -0.3 is 15.3 Å². The van der Waals surface area contributed by atoms with E-state index in [9.17, 15) is 15.3 Å². The van der Waals surface area contributed by atoms with E-state index in [1.165, 1.54) is 5.56 Å². The molecule has 1 aromatic rings. The predicted octanol–water partition coefficient (Wildman–Crippen LogP) is 3.32. The van der Waals surface area contributed by atoms with Crippen LogP contribution < -0.4 is 0 Å². The molecule has 2 fully saturated rings. The Balaban J connectivity index is 1.74. The van der Waals surface area contributed by atoms with Crippen LogP contribution in [-0.4, -0.2) is 20.9 Å². The molecule has 0 radical (unpaired) electrons. The number of rotatable bonds is 0. The van der Waals surface area contributed by atoms with Crippen molar-refractivity contribution >= 4 is 0 Å². The molecule has 1 unspecified atom stereocenters. The Morgan fingerprint density at radius 3 is 2.70 bits per heavy atom. The molecule has 3 aliphatic carbocycles. The highest BCUT2D eigenvalue weighted by molar-refractivity contribution is 5.51. The summed E-state index contributed by atoms with van der Waals surface area (Å²) < 4.78 is 0. The van der Waals surface area contributed by atoms with Gasteiger partial charge in [0.25, 0.3) is 0 Å². The Morgan fingerprint density at radius 1 is 1.17 bits per heavy atom. The van der Waals surface area contributed by atoms with Crippen LogP contribution in [0.4, 0.5) is 0 Å². The number of terminal acetylenes is 1. The first-order valence-corrected chi connectivity index (χ1v) is 8.65. The molecule has 3 N–H and O–H groups in total. The van der Waals surface area contributed by atoms with Crippen molar-refractivity contribution in [3.63, 3.8) is 0 Å². The topological polar surface area (TPSA) is 60.7 Å². The molecule has 0 aliphatic heterocycles. The molecule has 0 bridgehead atoms. The summed E-state index contributed by atoms with van der Waals surface area (Å²) in [4.78, 5) is 0. The minimum absolute atomic E-state index is 0.0228. The molecule has 2 saturated carbocycles. The Bertz CT molecular complexity index is 704. The summed E-state index contributed by atoms with van der Waals surface area (Å²) in [6.45, 7) is 2.17. The van der Waals surface area contributed by atoms with E-state index in [0.29, 0.717) is 24.2 Å². The van der Waals surface area contributed by atoms with Gasteiger partial charge in [0, 0.05) is 11.0 Å². The number of phenolic OH excluding ortho intramolecular Hbond substituents is 2. The van der Waals surface area contributed by atoms with Crippen LogP contribution in [0, 0.1) is 29.6 Å². The number of aliphatic hydroxyl groups is 1. The van der Waals surface area contributed by atoms with Crippen molar-refractivity contribution < 1.29 is 15.3 Å². The van der Waals surface area contributed by atoms with Crippen molar-refractivity contribution in [3.05, 3.63) is 23.3 Å². The molecule has 3 heteroatoms. The van der Waals surface area contributed by atoms with E-state index in [-0.39, 0.29) is 16.9 Å². The van der Waals surface area contributed by atoms with Crippen molar-refractivity contribution in [3.8, 4) is 23.8 Å². The molecule has 122 valence electrons. The summed E-state index contributed by atoms with van der Waals surface area (Å²) in [5.74, 6) is 4.08. The van der Waals surface area contributed by atoms with Crippen LogP contribution in [0.3, 0.4) is 0 Å². The first kappa shape index (κ1) is 14.9. The van der Waals surface area contributed by atoms with Crippen molar-refractivity contribution in [2.45, 2.75) is 57.0 Å². The maximum absolute atomic E-state index is 10.9. The fourth-order valence-electron chi connectivity index (χ4n) is 5.89. The van der Waals surface area contributed by atoms with Crippen LogP contribution in [0.2, 0.25) is 0 Å². The molecule has 0 saturated heterocycles. The monoisotopic (exact) mass is 312 g/mol. The Morgan fingerprint density at radius 2 is 1.96 bits per heavy atom. The molecule has 0 spiro atoms. The average molecular weight is 312 g/mol. The molecule has 3 nitrogen and oxygen atoms in total. The molecular weight excluding hydrogens is 288 g/mol. The standard InChI is InChI=1S/C20H24O3/c1-3-20(23)11-9-16-14-4-5-15-12(6-7-17(21)18(15)22)13(14)8-10-19(16,20)2/h1,6-7,13-14,16,21-23H,4-5,8-11H2,2H3/t13-,14-,16+,19+,20?/m0/s1. The maximum atomic E-state index is 10.9. The van der Waals surface area contributed by atoms with Crippen LogP contribution in [0.1, 0.15) is 56.1 Å². The lowest BCUT2D eigenvalue weighted by molar-refractivity contribution is -0.0647. The summed E-state index contributed by atoms with van der Waals surface area (Å²) >= 11 is 0. The second kappa shape index (κ2) is 4.68. The minimum Gasteiger partial charge on any atom is -0.504 e. The van der Waals surface area contributed by atoms with Gasteiger partial charge in [-0.15, -0.1) is 6.42 Å². The molecule has 5 atom stereocenters. The van der Waals surface area contributed by atoms with Crippen molar-refractivity contribution in [2.24, 2.45) is 17.3 Å². The number of phenols is 2. The van der Waals surface area contributed by atoms with Crippen LogP contribution >= 0.6 is 0 Å². The van der Waals surface area contributed by atoms with E-state index in [1.807, 2.05) is 6.07 Å². The van der Waals surface area contributed by atoms with Gasteiger partial charge in [-0.3, -0.25) is 0 Å². The van der Waals surface area contributed by atoms with Gasteiger partial charge in [0.15, 0.2) is 11.5 Å². The van der Waals surface area contributed by atoms with E-state index in [0.717, 1.165) is 37.7 Å². The van der Waals surface area contributed by atoms with Gasteiger partial charge >= 0.3 is 0 Å². The molecule has 0 aromatic heterocycles. The van der Waals surface area contributed by atoms with E-state index >= 15 is 0 Å². The normalized spacial score (nSPS) is 41.5. The van der Waals surface area contributed by atoms with Crippen LogP contribution in [0.25, 0.3) is 0 Å². The fraction of sp³-hybridized carbons (Fsp3) is 0.600. The maximum Gasteiger partial charge on any atom is 0.160 e. The van der Waals surface area contributed by atoms with Crippen molar-refractivity contribution in [1.82, 2.24) is 0 Å². The molecule has 23 heavy (non-hydrogen) atoms. The zero-order valence-corrected chi connectivity index (χ0v) is 13.5. The van der Waals surface area contributed by atoms with E-state index in [1.54, 1.807) is 6.07 Å². The number of aromatic hydroxyl groups is 2. The van der Waals surface area contributed by atoms with Gasteiger partial charge in [-0.1, -0.05) is 18.9 Å². The highest BCUT2D eigenvalue weighted by atomic mass is 16.3. The van der Waals surface area contributed by atoms with E-state index < -0.39 is 5.60 Å². The third kappa shape index (κ3) is 1.76. The van der Waals surface area contributed by atoms with Gasteiger partial charge in [-0.2, -0.15) is 0 Å². The smallest absolute Gasteiger partial charge is 0.160 e. The van der Waals surface area contributed by atoms with Gasteiger partial charge in [0.05, 0.1) is 0 Å². The Kier molecular flexibility index (Phi) is 3.03. The molecular formula is C20H24O3. The quantitative estimate of drug-likeness (QED) is 0.509. The summed E-state index contributed by atoms with van der Waals surface area (Å²) in [6.07, 6.45) is 11.0. The van der Waals surface area contributed by atoms with Crippen molar-refractivity contribution in [2.75, 3.05) is 0 Å². The summed E-state index contributed by atoms with van der Waals surface area (Å²) in [7, 11) is 0. The number of benzene rings is 1. The largest absolute Gasteiger partial charge is 0.504 e. The lowest BCUT2D eigenvalue weighted by Gasteiger charge is -2.52. The first-order valence-electron chi connectivity index (χ1n) is 8.65. The Labute approximate surface area is 137 Å². The first-order chi connectivity index (χ1) is 10.9. The van der Waals surface area contributed by atoms with Gasteiger partial charge in [0.2, 0.25) is 0 Å². The third-order valence-electron chi connectivity index (χ3n) is 7.25. The highest BCUT2D eigenvalue weighted by Gasteiger charge is 2.61. The number of hydrogen-bond donors (Lipinski definition) is 3. The molecule has 3 aliphatic rings. The third-order valence-corrected chi connectivity index (χ3v) is 7.25. The minimum atomic E-state index is -0.972. The molecule has 0 heterocycles. The summed E-state index contributed by atoms with van der Waals surface area (Å²) in [5, 5.41) is 30.8. The molecule has 0 amide bonds. The molecule has 1 aromatic carbocycles. The number of hydrogen-bond acceptors (Lipinski definition) is 3. The average Bonchev–Trinajstić information content (AvgIpc) is 2.83. The summed E-state index contributed by atoms with van der Waals surface area (Å²) in [5.41, 5.74) is 0.939. The Hall–Kier alpha value is -1.66. The highest BCUT2D eigenvalue weighted by Crippen LogP contribution is 2.64. The second-order valence-electron chi connectivity index (χ2n) is 7.92. The van der Waals surface area contributed by atoms with Crippen LogP contribution in [0.5, 0.6) is 11.5 Å². The zero-order chi connectivity index (χ0) is 16.4. The summed E-state index contributed by atoms with van der Waals surface area (Å²) in [6, 6.07) is 3.59. The number of fused-ring (bicyclic) bond motifs is 5. The predicted molar refractivity (Wildman–Crippen MR) is 88.2 cm³/mol. The van der Waals surface area contributed by atoms with Crippen LogP contribution in [-0.2, 0) is 6.42 Å². The SMILES string of the molecule is C#CC1(O)CC[C@@H]2[C@H]3CCc4c(ccc(O)c4O)[C@@H]3CC[C@]21C. The lowest BCUT2D eigenvalue weighted by Crippen LogP contribution is -2.50.